The number of methoxy groups -OCH3 is 2. The number of anilines is 1. The number of ether oxygens (including phenoxy) is 4. The summed E-state index contributed by atoms with van der Waals surface area (Å²) in [6, 6.07) is 15.8. The lowest BCUT2D eigenvalue weighted by Crippen LogP contribution is -2.13. The fraction of sp³-hybridized carbons (Fsp3) is 0.208. The zero-order valence-electron chi connectivity index (χ0n) is 18.1. The number of aromatic nitrogens is 1. The Hall–Kier alpha value is -4.07. The minimum absolute atomic E-state index is 0.0488. The number of amides is 1. The van der Waals surface area contributed by atoms with Crippen molar-refractivity contribution >= 4 is 17.6 Å². The second-order valence-electron chi connectivity index (χ2n) is 6.76. The predicted octanol–water partition coefficient (Wildman–Crippen LogP) is 3.99. The molecule has 3 rings (SSSR count). The number of nitrogens with zero attached hydrogens (tertiary/aromatic N) is 1. The van der Waals surface area contributed by atoms with Gasteiger partial charge in [-0.3, -0.25) is 9.78 Å². The summed E-state index contributed by atoms with van der Waals surface area (Å²) >= 11 is 0. The van der Waals surface area contributed by atoms with E-state index in [9.17, 15) is 9.59 Å². The molecule has 0 radical (unpaired) electrons. The fourth-order valence-corrected chi connectivity index (χ4v) is 2.89. The van der Waals surface area contributed by atoms with Gasteiger partial charge in [0.15, 0.2) is 11.5 Å². The SMILES string of the molecule is COc1cc(NC(C)=O)c(C(=O)OCc2ccc(OCc3ccccn3)cc2)cc1OC. The number of hydrogen-bond acceptors (Lipinski definition) is 7. The van der Waals surface area contributed by atoms with Crippen molar-refractivity contribution in [3.8, 4) is 17.2 Å². The summed E-state index contributed by atoms with van der Waals surface area (Å²) in [7, 11) is 2.93. The number of hydrogen-bond donors (Lipinski definition) is 1. The van der Waals surface area contributed by atoms with E-state index in [1.807, 2.05) is 30.3 Å². The molecule has 1 amide bonds. The number of rotatable bonds is 9. The van der Waals surface area contributed by atoms with Gasteiger partial charge < -0.3 is 24.3 Å². The lowest BCUT2D eigenvalue weighted by Gasteiger charge is -2.15. The van der Waals surface area contributed by atoms with Crippen LogP contribution in [0.4, 0.5) is 5.69 Å². The van der Waals surface area contributed by atoms with Crippen molar-refractivity contribution < 1.29 is 28.5 Å². The van der Waals surface area contributed by atoms with E-state index in [0.717, 1.165) is 11.3 Å². The van der Waals surface area contributed by atoms with Crippen LogP contribution in [0.25, 0.3) is 0 Å². The maximum absolute atomic E-state index is 12.7. The molecule has 166 valence electrons. The van der Waals surface area contributed by atoms with Crippen molar-refractivity contribution in [1.82, 2.24) is 4.98 Å². The van der Waals surface area contributed by atoms with Crippen LogP contribution >= 0.6 is 0 Å². The van der Waals surface area contributed by atoms with Gasteiger partial charge in [0, 0.05) is 25.3 Å². The fourth-order valence-electron chi connectivity index (χ4n) is 2.89. The Morgan fingerprint density at radius 2 is 1.66 bits per heavy atom. The Bertz CT molecular complexity index is 1070. The van der Waals surface area contributed by atoms with Crippen LogP contribution in [0.3, 0.4) is 0 Å². The molecule has 1 aromatic heterocycles. The van der Waals surface area contributed by atoms with Crippen LogP contribution in [-0.2, 0) is 22.7 Å². The maximum Gasteiger partial charge on any atom is 0.340 e. The van der Waals surface area contributed by atoms with Crippen LogP contribution in [-0.4, -0.2) is 31.1 Å². The molecule has 0 saturated carbocycles. The van der Waals surface area contributed by atoms with Gasteiger partial charge in [-0.25, -0.2) is 4.79 Å². The van der Waals surface area contributed by atoms with Gasteiger partial charge in [-0.15, -0.1) is 0 Å². The number of carbonyl (C=O) groups excluding carboxylic acids is 2. The summed E-state index contributed by atoms with van der Waals surface area (Å²) in [6.45, 7) is 1.76. The minimum atomic E-state index is -0.606. The summed E-state index contributed by atoms with van der Waals surface area (Å²) in [4.78, 5) is 28.5. The zero-order valence-corrected chi connectivity index (χ0v) is 18.1. The van der Waals surface area contributed by atoms with E-state index in [1.165, 1.54) is 33.3 Å². The van der Waals surface area contributed by atoms with Gasteiger partial charge in [0.25, 0.3) is 0 Å². The second-order valence-corrected chi connectivity index (χ2v) is 6.76. The Morgan fingerprint density at radius 1 is 0.938 bits per heavy atom. The molecule has 32 heavy (non-hydrogen) atoms. The summed E-state index contributed by atoms with van der Waals surface area (Å²) in [5, 5.41) is 2.62. The van der Waals surface area contributed by atoms with E-state index in [4.69, 9.17) is 18.9 Å². The Morgan fingerprint density at radius 3 is 2.28 bits per heavy atom. The quantitative estimate of drug-likeness (QED) is 0.507. The molecule has 0 bridgehead atoms. The molecule has 0 aliphatic heterocycles. The highest BCUT2D eigenvalue weighted by atomic mass is 16.5. The molecular formula is C24H24N2O6. The molecule has 0 aliphatic carbocycles. The lowest BCUT2D eigenvalue weighted by atomic mass is 10.1. The van der Waals surface area contributed by atoms with E-state index < -0.39 is 5.97 Å². The van der Waals surface area contributed by atoms with Crippen molar-refractivity contribution in [3.05, 3.63) is 77.6 Å². The van der Waals surface area contributed by atoms with Crippen molar-refractivity contribution in [2.24, 2.45) is 0 Å². The van der Waals surface area contributed by atoms with Gasteiger partial charge in [-0.05, 0) is 29.8 Å². The molecular weight excluding hydrogens is 412 g/mol. The van der Waals surface area contributed by atoms with Crippen LogP contribution in [0.2, 0.25) is 0 Å². The summed E-state index contributed by atoms with van der Waals surface area (Å²) in [6.07, 6.45) is 1.71. The van der Waals surface area contributed by atoms with Crippen LogP contribution < -0.4 is 19.5 Å². The van der Waals surface area contributed by atoms with Gasteiger partial charge in [0.1, 0.15) is 19.0 Å². The first kappa shape index (κ1) is 22.6. The molecule has 1 heterocycles. The van der Waals surface area contributed by atoms with Crippen molar-refractivity contribution in [3.63, 3.8) is 0 Å². The second kappa shape index (κ2) is 10.8. The van der Waals surface area contributed by atoms with Crippen LogP contribution in [0.5, 0.6) is 17.2 Å². The molecule has 3 aromatic rings. The van der Waals surface area contributed by atoms with E-state index in [2.05, 4.69) is 10.3 Å². The normalized spacial score (nSPS) is 10.2. The monoisotopic (exact) mass is 436 g/mol. The molecule has 0 aliphatic rings. The van der Waals surface area contributed by atoms with Crippen LogP contribution in [0.1, 0.15) is 28.5 Å². The zero-order chi connectivity index (χ0) is 22.9. The maximum atomic E-state index is 12.7. The third-order valence-corrected chi connectivity index (χ3v) is 4.46. The molecule has 8 nitrogen and oxygen atoms in total. The molecule has 8 heteroatoms. The van der Waals surface area contributed by atoms with Gasteiger partial charge in [-0.2, -0.15) is 0 Å². The highest BCUT2D eigenvalue weighted by Crippen LogP contribution is 2.34. The van der Waals surface area contributed by atoms with E-state index in [-0.39, 0.29) is 23.8 Å². The van der Waals surface area contributed by atoms with Crippen molar-refractivity contribution in [1.29, 1.82) is 0 Å². The van der Waals surface area contributed by atoms with E-state index >= 15 is 0 Å². The topological polar surface area (TPSA) is 96.0 Å². The van der Waals surface area contributed by atoms with Gasteiger partial charge >= 0.3 is 5.97 Å². The molecule has 1 N–H and O–H groups in total. The number of benzene rings is 2. The highest BCUT2D eigenvalue weighted by molar-refractivity contribution is 6.01. The molecule has 0 spiro atoms. The first-order valence-corrected chi connectivity index (χ1v) is 9.82. The number of carbonyl (C=O) groups is 2. The molecule has 2 aromatic carbocycles. The average Bonchev–Trinajstić information content (AvgIpc) is 2.81. The van der Waals surface area contributed by atoms with E-state index in [0.29, 0.717) is 23.9 Å². The number of esters is 1. The van der Waals surface area contributed by atoms with Crippen LogP contribution in [0.15, 0.2) is 60.8 Å². The summed E-state index contributed by atoms with van der Waals surface area (Å²) in [5.74, 6) is 0.480. The van der Waals surface area contributed by atoms with Crippen molar-refractivity contribution in [2.45, 2.75) is 20.1 Å². The predicted molar refractivity (Wildman–Crippen MR) is 118 cm³/mol. The first-order chi connectivity index (χ1) is 15.5. The molecule has 0 unspecified atom stereocenters. The largest absolute Gasteiger partial charge is 0.493 e. The smallest absolute Gasteiger partial charge is 0.340 e. The Kier molecular flexibility index (Phi) is 7.64. The third-order valence-electron chi connectivity index (χ3n) is 4.46. The number of nitrogens with one attached hydrogen (secondary N) is 1. The van der Waals surface area contributed by atoms with Gasteiger partial charge in [0.05, 0.1) is 31.2 Å². The molecule has 0 atom stereocenters. The van der Waals surface area contributed by atoms with Gasteiger partial charge in [-0.1, -0.05) is 18.2 Å². The molecule has 0 fully saturated rings. The summed E-state index contributed by atoms with van der Waals surface area (Å²) < 4.78 is 21.6. The van der Waals surface area contributed by atoms with Gasteiger partial charge in [0.2, 0.25) is 5.91 Å². The average molecular weight is 436 g/mol. The standard InChI is InChI=1S/C24H24N2O6/c1-16(27)26-21-13-23(30-3)22(29-2)12-20(21)24(28)32-14-17-7-9-19(10-8-17)31-15-18-6-4-5-11-25-18/h4-13H,14-15H2,1-3H3,(H,26,27). The Labute approximate surface area is 186 Å². The van der Waals surface area contributed by atoms with Crippen LogP contribution in [0, 0.1) is 0 Å². The Balaban J connectivity index is 1.65. The lowest BCUT2D eigenvalue weighted by molar-refractivity contribution is -0.114. The van der Waals surface area contributed by atoms with Crippen molar-refractivity contribution in [2.75, 3.05) is 19.5 Å². The molecule has 0 saturated heterocycles. The first-order valence-electron chi connectivity index (χ1n) is 9.82. The minimum Gasteiger partial charge on any atom is -0.493 e. The number of pyridine rings is 1. The highest BCUT2D eigenvalue weighted by Gasteiger charge is 2.19. The van der Waals surface area contributed by atoms with E-state index in [1.54, 1.807) is 18.3 Å². The third kappa shape index (κ3) is 5.98. The summed E-state index contributed by atoms with van der Waals surface area (Å²) in [5.41, 5.74) is 2.05.